The molecule has 1 heterocycles. The van der Waals surface area contributed by atoms with Gasteiger partial charge in [0, 0.05) is 32.8 Å². The second-order valence-corrected chi connectivity index (χ2v) is 5.86. The van der Waals surface area contributed by atoms with Crippen LogP contribution in [0.5, 0.6) is 0 Å². The molecule has 0 radical (unpaired) electrons. The lowest BCUT2D eigenvalue weighted by Crippen LogP contribution is -2.37. The highest BCUT2D eigenvalue weighted by Gasteiger charge is 2.22. The fraction of sp³-hybridized carbons (Fsp3) is 0.625. The van der Waals surface area contributed by atoms with Crippen LogP contribution >= 0.6 is 0 Å². The molecular formula is C16H23FN2O. The number of piperidine rings is 1. The van der Waals surface area contributed by atoms with Crippen molar-refractivity contribution in [1.29, 1.82) is 0 Å². The molecule has 1 aromatic rings. The van der Waals surface area contributed by atoms with Gasteiger partial charge in [0.05, 0.1) is 11.8 Å². The van der Waals surface area contributed by atoms with E-state index in [4.69, 9.17) is 4.74 Å². The van der Waals surface area contributed by atoms with Crippen molar-refractivity contribution in [2.75, 3.05) is 25.1 Å². The lowest BCUT2D eigenvalue weighted by atomic mass is 10.1. The fourth-order valence-electron chi connectivity index (χ4n) is 2.80. The number of nitrogens with zero attached hydrogens (tertiary/aromatic N) is 1. The van der Waals surface area contributed by atoms with Crippen molar-refractivity contribution in [3.8, 4) is 0 Å². The predicted molar refractivity (Wildman–Crippen MR) is 78.5 cm³/mol. The molecule has 1 saturated heterocycles. The molecule has 1 aliphatic carbocycles. The quantitative estimate of drug-likeness (QED) is 0.896. The third-order valence-electron chi connectivity index (χ3n) is 4.30. The minimum absolute atomic E-state index is 0.101. The summed E-state index contributed by atoms with van der Waals surface area (Å²) in [4.78, 5) is 2.13. The lowest BCUT2D eigenvalue weighted by Gasteiger charge is -2.33. The first-order chi connectivity index (χ1) is 9.76. The molecule has 0 spiro atoms. The Labute approximate surface area is 120 Å². The monoisotopic (exact) mass is 278 g/mol. The number of hydrogen-bond donors (Lipinski definition) is 1. The maximum absolute atomic E-state index is 14.3. The SMILES string of the molecule is COC1CCN(c2ccc(CNC3CC3)cc2F)CC1. The second kappa shape index (κ2) is 6.10. The standard InChI is InChI=1S/C16H23FN2O/c1-20-14-6-8-19(9-7-14)16-5-2-12(10-15(16)17)11-18-13-3-4-13/h2,5,10,13-14,18H,3-4,6-9,11H2,1H3. The van der Waals surface area contributed by atoms with E-state index in [1.54, 1.807) is 13.2 Å². The number of methoxy groups -OCH3 is 1. The first kappa shape index (κ1) is 13.8. The molecule has 4 heteroatoms. The average molecular weight is 278 g/mol. The van der Waals surface area contributed by atoms with Crippen molar-refractivity contribution >= 4 is 5.69 Å². The predicted octanol–water partition coefficient (Wildman–Crippen LogP) is 2.69. The topological polar surface area (TPSA) is 24.5 Å². The molecule has 1 N–H and O–H groups in total. The zero-order valence-electron chi connectivity index (χ0n) is 12.1. The van der Waals surface area contributed by atoms with Crippen molar-refractivity contribution in [2.24, 2.45) is 0 Å². The van der Waals surface area contributed by atoms with Crippen LogP contribution in [0.25, 0.3) is 0 Å². The molecule has 110 valence electrons. The molecule has 0 unspecified atom stereocenters. The van der Waals surface area contributed by atoms with E-state index in [9.17, 15) is 4.39 Å². The molecule has 1 aliphatic heterocycles. The summed E-state index contributed by atoms with van der Waals surface area (Å²) in [6.07, 6.45) is 4.79. The Bertz CT molecular complexity index is 454. The van der Waals surface area contributed by atoms with Gasteiger partial charge in [-0.2, -0.15) is 0 Å². The van der Waals surface area contributed by atoms with E-state index in [1.165, 1.54) is 12.8 Å². The molecule has 1 saturated carbocycles. The van der Waals surface area contributed by atoms with Crippen LogP contribution in [0.4, 0.5) is 10.1 Å². The number of hydrogen-bond acceptors (Lipinski definition) is 3. The molecule has 3 rings (SSSR count). The van der Waals surface area contributed by atoms with E-state index in [2.05, 4.69) is 10.2 Å². The third-order valence-corrected chi connectivity index (χ3v) is 4.30. The van der Waals surface area contributed by atoms with Gasteiger partial charge in [0.25, 0.3) is 0 Å². The van der Waals surface area contributed by atoms with E-state index in [-0.39, 0.29) is 5.82 Å². The first-order valence-corrected chi connectivity index (χ1v) is 7.56. The summed E-state index contributed by atoms with van der Waals surface area (Å²) in [5.74, 6) is -0.101. The molecule has 0 amide bonds. The Morgan fingerprint density at radius 3 is 2.60 bits per heavy atom. The van der Waals surface area contributed by atoms with Crippen LogP contribution in [0.3, 0.4) is 0 Å². The van der Waals surface area contributed by atoms with Crippen LogP contribution in [0.1, 0.15) is 31.2 Å². The molecule has 1 aromatic carbocycles. The van der Waals surface area contributed by atoms with Crippen LogP contribution in [0.15, 0.2) is 18.2 Å². The molecule has 0 bridgehead atoms. The van der Waals surface area contributed by atoms with Gasteiger partial charge in [0.1, 0.15) is 5.82 Å². The molecular weight excluding hydrogens is 255 g/mol. The van der Waals surface area contributed by atoms with Gasteiger partial charge in [-0.05, 0) is 43.4 Å². The number of anilines is 1. The van der Waals surface area contributed by atoms with Gasteiger partial charge in [-0.15, -0.1) is 0 Å². The van der Waals surface area contributed by atoms with E-state index in [0.717, 1.165) is 43.7 Å². The Balaban J connectivity index is 1.61. The van der Waals surface area contributed by atoms with Crippen molar-refractivity contribution in [3.05, 3.63) is 29.6 Å². The summed E-state index contributed by atoms with van der Waals surface area (Å²) in [6.45, 7) is 2.51. The Morgan fingerprint density at radius 1 is 1.25 bits per heavy atom. The van der Waals surface area contributed by atoms with E-state index in [0.29, 0.717) is 12.1 Å². The molecule has 2 aliphatic rings. The molecule has 0 aromatic heterocycles. The normalized spacial score (nSPS) is 20.4. The van der Waals surface area contributed by atoms with Crippen molar-refractivity contribution in [3.63, 3.8) is 0 Å². The minimum Gasteiger partial charge on any atom is -0.381 e. The highest BCUT2D eigenvalue weighted by molar-refractivity contribution is 5.49. The number of nitrogens with one attached hydrogen (secondary N) is 1. The van der Waals surface area contributed by atoms with Gasteiger partial charge in [-0.25, -0.2) is 4.39 Å². The summed E-state index contributed by atoms with van der Waals surface area (Å²) in [6, 6.07) is 6.29. The van der Waals surface area contributed by atoms with Crippen LogP contribution in [-0.2, 0) is 11.3 Å². The summed E-state index contributed by atoms with van der Waals surface area (Å²) < 4.78 is 19.6. The number of ether oxygens (including phenoxy) is 1. The second-order valence-electron chi connectivity index (χ2n) is 5.86. The zero-order chi connectivity index (χ0) is 13.9. The van der Waals surface area contributed by atoms with Gasteiger partial charge in [0.2, 0.25) is 0 Å². The molecule has 0 atom stereocenters. The molecule has 2 fully saturated rings. The largest absolute Gasteiger partial charge is 0.381 e. The first-order valence-electron chi connectivity index (χ1n) is 7.56. The fourth-order valence-corrected chi connectivity index (χ4v) is 2.80. The highest BCUT2D eigenvalue weighted by Crippen LogP contribution is 2.25. The maximum atomic E-state index is 14.3. The molecule has 20 heavy (non-hydrogen) atoms. The highest BCUT2D eigenvalue weighted by atomic mass is 19.1. The Kier molecular flexibility index (Phi) is 4.22. The van der Waals surface area contributed by atoms with Gasteiger partial charge < -0.3 is 15.0 Å². The van der Waals surface area contributed by atoms with Gasteiger partial charge >= 0.3 is 0 Å². The van der Waals surface area contributed by atoms with Crippen LogP contribution in [-0.4, -0.2) is 32.3 Å². The van der Waals surface area contributed by atoms with Crippen LogP contribution < -0.4 is 10.2 Å². The number of rotatable bonds is 5. The average Bonchev–Trinajstić information content (AvgIpc) is 3.30. The minimum atomic E-state index is -0.101. The van der Waals surface area contributed by atoms with Gasteiger partial charge in [0.15, 0.2) is 0 Å². The Morgan fingerprint density at radius 2 is 2.00 bits per heavy atom. The van der Waals surface area contributed by atoms with Gasteiger partial charge in [-0.3, -0.25) is 0 Å². The van der Waals surface area contributed by atoms with Crippen molar-refractivity contribution in [2.45, 2.75) is 44.4 Å². The van der Waals surface area contributed by atoms with Crippen LogP contribution in [0, 0.1) is 5.82 Å². The van der Waals surface area contributed by atoms with E-state index >= 15 is 0 Å². The van der Waals surface area contributed by atoms with Crippen molar-refractivity contribution in [1.82, 2.24) is 5.32 Å². The molecule has 3 nitrogen and oxygen atoms in total. The van der Waals surface area contributed by atoms with Gasteiger partial charge in [-0.1, -0.05) is 6.07 Å². The smallest absolute Gasteiger partial charge is 0.146 e. The number of halogens is 1. The third kappa shape index (κ3) is 3.30. The summed E-state index contributed by atoms with van der Waals surface area (Å²) >= 11 is 0. The lowest BCUT2D eigenvalue weighted by molar-refractivity contribution is 0.0818. The number of benzene rings is 1. The maximum Gasteiger partial charge on any atom is 0.146 e. The van der Waals surface area contributed by atoms with E-state index in [1.807, 2.05) is 12.1 Å². The van der Waals surface area contributed by atoms with Crippen molar-refractivity contribution < 1.29 is 9.13 Å². The summed E-state index contributed by atoms with van der Waals surface area (Å²) in [7, 11) is 1.75. The van der Waals surface area contributed by atoms with Crippen LogP contribution in [0.2, 0.25) is 0 Å². The Hall–Kier alpha value is -1.13. The van der Waals surface area contributed by atoms with E-state index < -0.39 is 0 Å². The summed E-state index contributed by atoms with van der Waals surface area (Å²) in [5, 5.41) is 3.42. The zero-order valence-corrected chi connectivity index (χ0v) is 12.1. The summed E-state index contributed by atoms with van der Waals surface area (Å²) in [5.41, 5.74) is 1.76.